The lowest BCUT2D eigenvalue weighted by Crippen LogP contribution is -2.23. The van der Waals surface area contributed by atoms with Crippen LogP contribution in [0.15, 0.2) is 10.9 Å². The molecule has 86 valence electrons. The van der Waals surface area contributed by atoms with Crippen molar-refractivity contribution in [3.05, 3.63) is 27.8 Å². The molecular formula is C11H14N2O3. The molecule has 0 atom stereocenters. The van der Waals surface area contributed by atoms with Crippen molar-refractivity contribution >= 4 is 11.9 Å². The number of aromatic nitrogens is 2. The Labute approximate surface area is 93.4 Å². The number of hydrogen-bond acceptors (Lipinski definition) is 4. The van der Waals surface area contributed by atoms with Crippen molar-refractivity contribution in [1.29, 1.82) is 0 Å². The van der Waals surface area contributed by atoms with Gasteiger partial charge in [-0.25, -0.2) is 4.79 Å². The lowest BCUT2D eigenvalue weighted by atomic mass is 10.2. The number of hydrogen-bond donors (Lipinski definition) is 0. The molecule has 1 aromatic heterocycles. The summed E-state index contributed by atoms with van der Waals surface area (Å²) in [6, 6.07) is 0. The second kappa shape index (κ2) is 4.74. The second-order valence-corrected chi connectivity index (χ2v) is 3.41. The number of allylic oxidation sites excluding steroid dienone is 1. The molecule has 0 saturated heterocycles. The third-order valence-electron chi connectivity index (χ3n) is 2.29. The van der Waals surface area contributed by atoms with Crippen LogP contribution < -0.4 is 10.4 Å². The topological polar surface area (TPSA) is 61.2 Å². The zero-order valence-electron chi connectivity index (χ0n) is 9.77. The highest BCUT2D eigenvalue weighted by Gasteiger charge is 2.10. The van der Waals surface area contributed by atoms with Gasteiger partial charge in [0.25, 0.3) is 0 Å². The molecule has 1 aromatic rings. The minimum Gasteiger partial charge on any atom is -0.480 e. The normalized spacial score (nSPS) is 10.8. The maximum atomic E-state index is 11.4. The summed E-state index contributed by atoms with van der Waals surface area (Å²) in [5, 5.41) is 0. The predicted octanol–water partition coefficient (Wildman–Crippen LogP) is 0.700. The Hall–Kier alpha value is -1.91. The van der Waals surface area contributed by atoms with Gasteiger partial charge < -0.3 is 4.74 Å². The molecule has 0 aliphatic heterocycles. The van der Waals surface area contributed by atoms with Crippen LogP contribution in [0.4, 0.5) is 0 Å². The minimum atomic E-state index is -0.380. The fourth-order valence-corrected chi connectivity index (χ4v) is 1.25. The van der Waals surface area contributed by atoms with E-state index in [2.05, 4.69) is 4.98 Å². The van der Waals surface area contributed by atoms with Crippen LogP contribution in [0, 0.1) is 6.92 Å². The zero-order valence-corrected chi connectivity index (χ0v) is 9.77. The van der Waals surface area contributed by atoms with E-state index >= 15 is 0 Å². The van der Waals surface area contributed by atoms with E-state index < -0.39 is 0 Å². The molecule has 0 spiro atoms. The summed E-state index contributed by atoms with van der Waals surface area (Å²) in [6.07, 6.45) is 3.01. The fraction of sp³-hybridized carbons (Fsp3) is 0.364. The molecule has 0 aliphatic carbocycles. The molecule has 5 nitrogen and oxygen atoms in total. The molecule has 0 saturated carbocycles. The van der Waals surface area contributed by atoms with Crippen LogP contribution in [0.25, 0.3) is 6.08 Å². The standard InChI is InChI=1S/C11H14N2O3/c1-7(14)5-6-9-8(2)13(3)11(15)12-10(9)16-4/h5-6H,1-4H3/b6-5+. The van der Waals surface area contributed by atoms with Gasteiger partial charge in [0.05, 0.1) is 12.7 Å². The largest absolute Gasteiger partial charge is 0.480 e. The van der Waals surface area contributed by atoms with Gasteiger partial charge in [-0.3, -0.25) is 9.36 Å². The van der Waals surface area contributed by atoms with Gasteiger partial charge in [0.2, 0.25) is 5.88 Å². The Kier molecular flexibility index (Phi) is 3.60. The number of methoxy groups -OCH3 is 1. The molecule has 0 bridgehead atoms. The first kappa shape index (κ1) is 12.2. The Morgan fingerprint density at radius 1 is 1.50 bits per heavy atom. The average Bonchev–Trinajstić information content (AvgIpc) is 2.23. The van der Waals surface area contributed by atoms with E-state index in [9.17, 15) is 9.59 Å². The molecule has 0 aromatic carbocycles. The first-order valence-corrected chi connectivity index (χ1v) is 4.77. The summed E-state index contributed by atoms with van der Waals surface area (Å²) in [4.78, 5) is 26.0. The molecule has 0 radical (unpaired) electrons. The van der Waals surface area contributed by atoms with Crippen LogP contribution in [-0.2, 0) is 11.8 Å². The van der Waals surface area contributed by atoms with Crippen molar-refractivity contribution < 1.29 is 9.53 Å². The van der Waals surface area contributed by atoms with E-state index in [1.165, 1.54) is 24.7 Å². The van der Waals surface area contributed by atoms with Crippen LogP contribution in [0.5, 0.6) is 5.88 Å². The van der Waals surface area contributed by atoms with Crippen molar-refractivity contribution in [2.45, 2.75) is 13.8 Å². The molecule has 0 aliphatic rings. The van der Waals surface area contributed by atoms with Crippen molar-refractivity contribution in [2.75, 3.05) is 7.11 Å². The molecule has 0 fully saturated rings. The van der Waals surface area contributed by atoms with Gasteiger partial charge in [-0.1, -0.05) is 0 Å². The van der Waals surface area contributed by atoms with Crippen LogP contribution in [0.1, 0.15) is 18.2 Å². The highest BCUT2D eigenvalue weighted by atomic mass is 16.5. The number of ether oxygens (including phenoxy) is 1. The summed E-state index contributed by atoms with van der Waals surface area (Å²) in [5.41, 5.74) is 0.962. The van der Waals surface area contributed by atoms with E-state index in [0.29, 0.717) is 11.3 Å². The van der Waals surface area contributed by atoms with E-state index in [1.807, 2.05) is 0 Å². The maximum Gasteiger partial charge on any atom is 0.350 e. The highest BCUT2D eigenvalue weighted by molar-refractivity contribution is 5.91. The third kappa shape index (κ3) is 2.36. The molecular weight excluding hydrogens is 208 g/mol. The molecule has 0 N–H and O–H groups in total. The number of ketones is 1. The van der Waals surface area contributed by atoms with Gasteiger partial charge >= 0.3 is 5.69 Å². The zero-order chi connectivity index (χ0) is 12.3. The second-order valence-electron chi connectivity index (χ2n) is 3.41. The Balaban J connectivity index is 3.41. The lowest BCUT2D eigenvalue weighted by molar-refractivity contribution is -0.112. The maximum absolute atomic E-state index is 11.4. The summed E-state index contributed by atoms with van der Waals surface area (Å²) in [6.45, 7) is 3.22. The average molecular weight is 222 g/mol. The van der Waals surface area contributed by atoms with Crippen LogP contribution >= 0.6 is 0 Å². The van der Waals surface area contributed by atoms with E-state index in [4.69, 9.17) is 4.74 Å². The van der Waals surface area contributed by atoms with Gasteiger partial charge in [0.1, 0.15) is 0 Å². The number of nitrogens with zero attached hydrogens (tertiary/aromatic N) is 2. The summed E-state index contributed by atoms with van der Waals surface area (Å²) in [7, 11) is 3.06. The summed E-state index contributed by atoms with van der Waals surface area (Å²) >= 11 is 0. The first-order chi connectivity index (χ1) is 7.47. The lowest BCUT2D eigenvalue weighted by Gasteiger charge is -2.09. The summed E-state index contributed by atoms with van der Waals surface area (Å²) < 4.78 is 6.41. The number of carbonyl (C=O) groups is 1. The van der Waals surface area contributed by atoms with Crippen molar-refractivity contribution in [1.82, 2.24) is 9.55 Å². The molecule has 0 unspecified atom stereocenters. The molecule has 1 heterocycles. The fourth-order valence-electron chi connectivity index (χ4n) is 1.25. The number of rotatable bonds is 3. The molecule has 16 heavy (non-hydrogen) atoms. The number of carbonyl (C=O) groups excluding carboxylic acids is 1. The van der Waals surface area contributed by atoms with Crippen molar-refractivity contribution in [3.63, 3.8) is 0 Å². The predicted molar refractivity (Wildman–Crippen MR) is 60.5 cm³/mol. The summed E-state index contributed by atoms with van der Waals surface area (Å²) in [5.74, 6) is 0.161. The minimum absolute atomic E-state index is 0.0738. The Morgan fingerprint density at radius 3 is 2.62 bits per heavy atom. The van der Waals surface area contributed by atoms with Crippen LogP contribution in [-0.4, -0.2) is 22.4 Å². The van der Waals surface area contributed by atoms with Gasteiger partial charge in [0.15, 0.2) is 5.78 Å². The SMILES string of the molecule is COc1nc(=O)n(C)c(C)c1/C=C/C(C)=O. The van der Waals surface area contributed by atoms with E-state index in [0.717, 1.165) is 0 Å². The smallest absolute Gasteiger partial charge is 0.350 e. The van der Waals surface area contributed by atoms with Gasteiger partial charge in [-0.2, -0.15) is 4.98 Å². The van der Waals surface area contributed by atoms with Crippen LogP contribution in [0.3, 0.4) is 0 Å². The Morgan fingerprint density at radius 2 is 2.12 bits per heavy atom. The van der Waals surface area contributed by atoms with E-state index in [-0.39, 0.29) is 17.4 Å². The molecule has 0 amide bonds. The van der Waals surface area contributed by atoms with Gasteiger partial charge in [-0.05, 0) is 26.0 Å². The van der Waals surface area contributed by atoms with Gasteiger partial charge in [-0.15, -0.1) is 0 Å². The van der Waals surface area contributed by atoms with Crippen LogP contribution in [0.2, 0.25) is 0 Å². The highest BCUT2D eigenvalue weighted by Crippen LogP contribution is 2.18. The monoisotopic (exact) mass is 222 g/mol. The van der Waals surface area contributed by atoms with Crippen molar-refractivity contribution in [2.24, 2.45) is 7.05 Å². The van der Waals surface area contributed by atoms with Gasteiger partial charge in [0, 0.05) is 12.7 Å². The molecule has 1 rings (SSSR count). The van der Waals surface area contributed by atoms with Crippen molar-refractivity contribution in [3.8, 4) is 5.88 Å². The first-order valence-electron chi connectivity index (χ1n) is 4.77. The molecule has 5 heteroatoms. The third-order valence-corrected chi connectivity index (χ3v) is 2.29. The Bertz CT molecular complexity index is 501. The van der Waals surface area contributed by atoms with E-state index in [1.54, 1.807) is 20.0 Å². The quantitative estimate of drug-likeness (QED) is 0.706.